The van der Waals surface area contributed by atoms with Crippen LogP contribution in [0.3, 0.4) is 0 Å². The van der Waals surface area contributed by atoms with Gasteiger partial charge in [-0.2, -0.15) is 0 Å². The highest BCUT2D eigenvalue weighted by Gasteiger charge is 2.31. The predicted octanol–water partition coefficient (Wildman–Crippen LogP) is 16.4. The second kappa shape index (κ2) is 18.0. The van der Waals surface area contributed by atoms with Crippen molar-refractivity contribution in [3.63, 3.8) is 0 Å². The number of benzene rings is 7. The molecule has 0 unspecified atom stereocenters. The molecule has 0 radical (unpaired) electrons. The Morgan fingerprint density at radius 2 is 1.00 bits per heavy atom. The molecule has 362 valence electrons. The molecule has 0 spiro atoms. The first-order valence-corrected chi connectivity index (χ1v) is 25.4. The number of aromatic nitrogens is 4. The average Bonchev–Trinajstić information content (AvgIpc) is 3.98. The molecule has 3 aromatic heterocycles. The highest BCUT2D eigenvalue weighted by Crippen LogP contribution is 2.41. The van der Waals surface area contributed by atoms with E-state index in [1.54, 1.807) is 0 Å². The molecule has 0 aliphatic heterocycles. The Morgan fingerprint density at radius 1 is 0.431 bits per heavy atom. The normalized spacial score (nSPS) is 12.7. The molecular formula is C67H68N4O. The fourth-order valence-corrected chi connectivity index (χ4v) is 10.3. The van der Waals surface area contributed by atoms with Gasteiger partial charge in [-0.15, -0.1) is 0 Å². The van der Waals surface area contributed by atoms with Crippen LogP contribution in [0.2, 0.25) is 0 Å². The van der Waals surface area contributed by atoms with Gasteiger partial charge in [0.1, 0.15) is 17.3 Å². The second-order valence-electron chi connectivity index (χ2n) is 23.3. The van der Waals surface area contributed by atoms with Crippen LogP contribution in [0.15, 0.2) is 194 Å². The van der Waals surface area contributed by atoms with Gasteiger partial charge in [0.2, 0.25) is 0 Å². The summed E-state index contributed by atoms with van der Waals surface area (Å²) in [5.41, 5.74) is 13.2. The summed E-state index contributed by atoms with van der Waals surface area (Å²) in [5, 5.41) is 2.33. The SMILES string of the molecule is CC(C)(C)c1ccnc(-n2c3ccc(C(C)(C)c4ccccc4)cc3c3ccc(Oc4cccc(-n5[c-][n+](-c6cc(C(C)(C)c7ccccc7)cc(C(C)(C)c7ccccc7)c6)c(C(C)(C)C)c5)c4)cc32)c1. The summed E-state index contributed by atoms with van der Waals surface area (Å²) >= 11 is 0. The van der Waals surface area contributed by atoms with Gasteiger partial charge in [0.25, 0.3) is 6.33 Å². The Hall–Kier alpha value is -7.50. The fourth-order valence-electron chi connectivity index (χ4n) is 10.3. The standard InChI is InChI=1S/C67H68N4O/c1-63(2,3)49-35-36-68-62(41-49)71-59-34-31-50(65(7,8)46-23-16-13-17-24-46)40-58(59)57-33-32-56(43-60(57)71)72-55-30-22-29-53(42-55)69-44-61(64(4,5)6)70(45-69)54-38-51(66(9,10)47-25-18-14-19-26-47)37-52(39-54)67(11,12)48-27-20-15-21-28-48/h13-44H,1-12H3. The number of hydrogen-bond acceptors (Lipinski definition) is 2. The maximum absolute atomic E-state index is 6.86. The number of pyridine rings is 1. The zero-order chi connectivity index (χ0) is 50.8. The highest BCUT2D eigenvalue weighted by atomic mass is 16.5. The summed E-state index contributed by atoms with van der Waals surface area (Å²) in [6, 6.07) is 65.7. The minimum absolute atomic E-state index is 0.0434. The molecule has 0 fully saturated rings. The summed E-state index contributed by atoms with van der Waals surface area (Å²) in [5.74, 6) is 2.36. The van der Waals surface area contributed by atoms with Crippen molar-refractivity contribution in [3.8, 4) is 28.7 Å². The van der Waals surface area contributed by atoms with Crippen LogP contribution in [-0.4, -0.2) is 14.1 Å². The van der Waals surface area contributed by atoms with E-state index in [0.29, 0.717) is 0 Å². The van der Waals surface area contributed by atoms with Crippen molar-refractivity contribution in [2.24, 2.45) is 0 Å². The zero-order valence-corrected chi connectivity index (χ0v) is 44.2. The van der Waals surface area contributed by atoms with Crippen LogP contribution in [0.5, 0.6) is 11.5 Å². The Morgan fingerprint density at radius 3 is 1.57 bits per heavy atom. The van der Waals surface area contributed by atoms with E-state index in [4.69, 9.17) is 9.72 Å². The predicted molar refractivity (Wildman–Crippen MR) is 298 cm³/mol. The number of hydrogen-bond donors (Lipinski definition) is 0. The lowest BCUT2D eigenvalue weighted by Gasteiger charge is -2.32. The van der Waals surface area contributed by atoms with Crippen molar-refractivity contribution in [3.05, 3.63) is 245 Å². The first kappa shape index (κ1) is 48.1. The van der Waals surface area contributed by atoms with Gasteiger partial charge in [-0.05, 0) is 117 Å². The summed E-state index contributed by atoms with van der Waals surface area (Å²) in [4.78, 5) is 5.00. The van der Waals surface area contributed by atoms with Gasteiger partial charge in [0.15, 0.2) is 0 Å². The second-order valence-corrected chi connectivity index (χ2v) is 23.3. The van der Waals surface area contributed by atoms with Crippen LogP contribution in [0.4, 0.5) is 0 Å². The lowest BCUT2D eigenvalue weighted by atomic mass is 9.73. The third-order valence-electron chi connectivity index (χ3n) is 15.2. The topological polar surface area (TPSA) is 35.9 Å². The van der Waals surface area contributed by atoms with Gasteiger partial charge >= 0.3 is 0 Å². The number of rotatable bonds is 11. The minimum Gasteiger partial charge on any atom is -0.458 e. The quantitative estimate of drug-likeness (QED) is 0.0957. The average molecular weight is 945 g/mol. The van der Waals surface area contributed by atoms with Crippen molar-refractivity contribution in [2.75, 3.05) is 0 Å². The van der Waals surface area contributed by atoms with Gasteiger partial charge in [-0.3, -0.25) is 13.7 Å². The Bertz CT molecular complexity index is 3510. The fraction of sp³-hybridized carbons (Fsp3) is 0.254. The van der Waals surface area contributed by atoms with Crippen LogP contribution in [0.1, 0.15) is 128 Å². The Labute approximate surface area is 427 Å². The molecule has 0 amide bonds. The molecule has 0 saturated heterocycles. The monoisotopic (exact) mass is 945 g/mol. The number of fused-ring (bicyclic) bond motifs is 3. The maximum atomic E-state index is 6.86. The van der Waals surface area contributed by atoms with Crippen molar-refractivity contribution >= 4 is 21.8 Å². The van der Waals surface area contributed by atoms with Gasteiger partial charge < -0.3 is 4.74 Å². The van der Waals surface area contributed by atoms with Crippen LogP contribution in [-0.2, 0) is 27.1 Å². The third kappa shape index (κ3) is 8.95. The molecule has 3 heterocycles. The van der Waals surface area contributed by atoms with E-state index in [1.807, 2.05) is 12.3 Å². The molecule has 0 saturated carbocycles. The van der Waals surface area contributed by atoms with Crippen molar-refractivity contribution < 1.29 is 9.30 Å². The molecule has 0 aliphatic carbocycles. The molecule has 0 bridgehead atoms. The number of nitrogens with zero attached hydrogens (tertiary/aromatic N) is 4. The highest BCUT2D eigenvalue weighted by molar-refractivity contribution is 6.10. The molecule has 0 aliphatic rings. The molecule has 7 aromatic carbocycles. The lowest BCUT2D eigenvalue weighted by Crippen LogP contribution is -2.39. The van der Waals surface area contributed by atoms with Gasteiger partial charge in [-0.25, -0.2) is 4.98 Å². The van der Waals surface area contributed by atoms with E-state index in [1.165, 1.54) is 44.3 Å². The van der Waals surface area contributed by atoms with Crippen molar-refractivity contribution in [1.29, 1.82) is 0 Å². The Kier molecular flexibility index (Phi) is 12.0. The Balaban J connectivity index is 1.06. The first-order chi connectivity index (χ1) is 34.2. The molecule has 0 N–H and O–H groups in total. The van der Waals surface area contributed by atoms with Gasteiger partial charge in [-0.1, -0.05) is 192 Å². The third-order valence-corrected chi connectivity index (χ3v) is 15.2. The van der Waals surface area contributed by atoms with E-state index >= 15 is 0 Å². The zero-order valence-electron chi connectivity index (χ0n) is 44.2. The van der Waals surface area contributed by atoms with Gasteiger partial charge in [0.05, 0.1) is 28.1 Å². The lowest BCUT2D eigenvalue weighted by molar-refractivity contribution is -0.611. The van der Waals surface area contributed by atoms with Gasteiger partial charge in [0, 0.05) is 45.5 Å². The summed E-state index contributed by atoms with van der Waals surface area (Å²) < 4.78 is 13.5. The van der Waals surface area contributed by atoms with Crippen LogP contribution < -0.4 is 9.30 Å². The van der Waals surface area contributed by atoms with Crippen molar-refractivity contribution in [1.82, 2.24) is 14.1 Å². The first-order valence-electron chi connectivity index (χ1n) is 25.4. The summed E-state index contributed by atoms with van der Waals surface area (Å²) in [6.07, 6.45) is 7.99. The van der Waals surface area contributed by atoms with Crippen LogP contribution in [0, 0.1) is 6.33 Å². The van der Waals surface area contributed by atoms with E-state index in [-0.39, 0.29) is 27.1 Å². The molecule has 10 aromatic rings. The minimum atomic E-state index is -0.262. The molecule has 72 heavy (non-hydrogen) atoms. The number of ether oxygens (including phenoxy) is 1. The van der Waals surface area contributed by atoms with E-state index < -0.39 is 0 Å². The van der Waals surface area contributed by atoms with E-state index in [9.17, 15) is 0 Å². The maximum Gasteiger partial charge on any atom is 0.269 e. The largest absolute Gasteiger partial charge is 0.458 e. The van der Waals surface area contributed by atoms with E-state index in [2.05, 4.69) is 285 Å². The molecule has 5 heteroatoms. The summed E-state index contributed by atoms with van der Waals surface area (Å²) in [7, 11) is 0. The van der Waals surface area contributed by atoms with Crippen LogP contribution >= 0.6 is 0 Å². The van der Waals surface area contributed by atoms with E-state index in [0.717, 1.165) is 50.8 Å². The molecule has 0 atom stereocenters. The van der Waals surface area contributed by atoms with Crippen LogP contribution in [0.25, 0.3) is 39.0 Å². The molecular weight excluding hydrogens is 877 g/mol. The number of imidazole rings is 1. The smallest absolute Gasteiger partial charge is 0.269 e. The molecule has 5 nitrogen and oxygen atoms in total. The summed E-state index contributed by atoms with van der Waals surface area (Å²) in [6.45, 7) is 27.5. The molecule has 10 rings (SSSR count). The van der Waals surface area contributed by atoms with Crippen molar-refractivity contribution in [2.45, 2.75) is 110 Å².